The molecular formula is C11H12ClO3-. The van der Waals surface area contributed by atoms with Crippen molar-refractivity contribution in [3.63, 3.8) is 0 Å². The number of carbonyl (C=O) groups excluding carboxylic acids is 1. The van der Waals surface area contributed by atoms with E-state index in [9.17, 15) is 9.90 Å². The number of hydrogen-bond acceptors (Lipinski definition) is 3. The van der Waals surface area contributed by atoms with Gasteiger partial charge in [0.15, 0.2) is 0 Å². The summed E-state index contributed by atoms with van der Waals surface area (Å²) in [6.07, 6.45) is -0.968. The third kappa shape index (κ3) is 2.86. The van der Waals surface area contributed by atoms with Crippen molar-refractivity contribution in [1.82, 2.24) is 0 Å². The van der Waals surface area contributed by atoms with E-state index in [2.05, 4.69) is 0 Å². The Kier molecular flexibility index (Phi) is 3.58. The third-order valence-electron chi connectivity index (χ3n) is 2.05. The Morgan fingerprint density at radius 2 is 1.87 bits per heavy atom. The standard InChI is InChI=1S/C11H13ClO3/c1-6-4-9(5-7(2)10(6)12)15-8(3)11(13)14/h4-5,8H,1-3H3,(H,13,14)/p-1/t8-/m0/s1. The molecule has 0 saturated heterocycles. The fourth-order valence-corrected chi connectivity index (χ4v) is 1.34. The van der Waals surface area contributed by atoms with Crippen LogP contribution in [0.15, 0.2) is 12.1 Å². The van der Waals surface area contributed by atoms with Gasteiger partial charge in [0, 0.05) is 5.02 Å². The molecule has 0 heterocycles. The molecule has 0 aliphatic heterocycles. The number of ether oxygens (including phenoxy) is 1. The van der Waals surface area contributed by atoms with Crippen molar-refractivity contribution < 1.29 is 14.6 Å². The minimum absolute atomic E-state index is 0.492. The maximum absolute atomic E-state index is 10.5. The molecule has 0 radical (unpaired) electrons. The molecule has 0 bridgehead atoms. The maximum atomic E-state index is 10.5. The Morgan fingerprint density at radius 3 is 2.27 bits per heavy atom. The number of aliphatic carboxylic acids is 1. The third-order valence-corrected chi connectivity index (χ3v) is 2.65. The normalized spacial score (nSPS) is 12.3. The summed E-state index contributed by atoms with van der Waals surface area (Å²) in [7, 11) is 0. The molecule has 3 nitrogen and oxygen atoms in total. The number of rotatable bonds is 3. The van der Waals surface area contributed by atoms with E-state index in [0.29, 0.717) is 10.8 Å². The molecule has 0 aliphatic carbocycles. The molecule has 0 N–H and O–H groups in total. The number of halogens is 1. The second kappa shape index (κ2) is 4.53. The van der Waals surface area contributed by atoms with Crippen molar-refractivity contribution in [3.8, 4) is 5.75 Å². The monoisotopic (exact) mass is 227 g/mol. The first-order chi connectivity index (χ1) is 6.91. The van der Waals surface area contributed by atoms with Crippen molar-refractivity contribution in [2.24, 2.45) is 0 Å². The van der Waals surface area contributed by atoms with Crippen LogP contribution in [-0.2, 0) is 4.79 Å². The Morgan fingerprint density at radius 1 is 1.40 bits per heavy atom. The van der Waals surface area contributed by atoms with E-state index in [1.165, 1.54) is 6.92 Å². The number of aryl methyl sites for hydroxylation is 2. The molecule has 4 heteroatoms. The predicted octanol–water partition coefficient (Wildman–Crippen LogP) is 1.47. The van der Waals surface area contributed by atoms with Gasteiger partial charge in [-0.05, 0) is 44.0 Å². The Hall–Kier alpha value is -1.22. The maximum Gasteiger partial charge on any atom is 0.135 e. The molecule has 1 aromatic rings. The quantitative estimate of drug-likeness (QED) is 0.786. The fourth-order valence-electron chi connectivity index (χ4n) is 1.23. The lowest BCUT2D eigenvalue weighted by molar-refractivity contribution is -0.312. The average Bonchev–Trinajstić information content (AvgIpc) is 2.13. The van der Waals surface area contributed by atoms with Gasteiger partial charge in [0.25, 0.3) is 0 Å². The largest absolute Gasteiger partial charge is 0.546 e. The molecule has 1 atom stereocenters. The summed E-state index contributed by atoms with van der Waals surface area (Å²) in [4.78, 5) is 10.5. The van der Waals surface area contributed by atoms with Crippen molar-refractivity contribution >= 4 is 17.6 Å². The van der Waals surface area contributed by atoms with Crippen molar-refractivity contribution in [3.05, 3.63) is 28.3 Å². The zero-order valence-electron chi connectivity index (χ0n) is 8.83. The summed E-state index contributed by atoms with van der Waals surface area (Å²) in [6, 6.07) is 3.41. The minimum Gasteiger partial charge on any atom is -0.546 e. The number of carbonyl (C=O) groups is 1. The van der Waals surface area contributed by atoms with E-state index in [0.717, 1.165) is 11.1 Å². The van der Waals surface area contributed by atoms with E-state index in [-0.39, 0.29) is 0 Å². The highest BCUT2D eigenvalue weighted by molar-refractivity contribution is 6.32. The van der Waals surface area contributed by atoms with Gasteiger partial charge in [0.1, 0.15) is 11.9 Å². The van der Waals surface area contributed by atoms with Gasteiger partial charge in [-0.15, -0.1) is 0 Å². The van der Waals surface area contributed by atoms with Crippen molar-refractivity contribution in [1.29, 1.82) is 0 Å². The van der Waals surface area contributed by atoms with Crippen LogP contribution in [0.4, 0.5) is 0 Å². The van der Waals surface area contributed by atoms with Crippen molar-refractivity contribution in [2.45, 2.75) is 26.9 Å². The molecule has 15 heavy (non-hydrogen) atoms. The summed E-state index contributed by atoms with van der Waals surface area (Å²) < 4.78 is 5.17. The van der Waals surface area contributed by atoms with Gasteiger partial charge in [0.05, 0.1) is 5.97 Å². The van der Waals surface area contributed by atoms with Gasteiger partial charge in [0.2, 0.25) is 0 Å². The molecule has 0 spiro atoms. The zero-order chi connectivity index (χ0) is 11.6. The van der Waals surface area contributed by atoms with Crippen LogP contribution >= 0.6 is 11.6 Å². The van der Waals surface area contributed by atoms with Gasteiger partial charge in [-0.3, -0.25) is 0 Å². The highest BCUT2D eigenvalue weighted by atomic mass is 35.5. The number of benzene rings is 1. The first-order valence-electron chi connectivity index (χ1n) is 4.56. The minimum atomic E-state index is -1.24. The van der Waals surface area contributed by atoms with E-state index >= 15 is 0 Å². The molecule has 0 aromatic heterocycles. The first kappa shape index (κ1) is 11.9. The molecule has 0 fully saturated rings. The summed E-state index contributed by atoms with van der Waals surface area (Å²) in [5, 5.41) is 11.1. The molecule has 1 rings (SSSR count). The van der Waals surface area contributed by atoms with Crippen LogP contribution in [0.25, 0.3) is 0 Å². The van der Waals surface area contributed by atoms with E-state index < -0.39 is 12.1 Å². The molecule has 0 saturated carbocycles. The lowest BCUT2D eigenvalue weighted by Gasteiger charge is -2.16. The fraction of sp³-hybridized carbons (Fsp3) is 0.364. The van der Waals surface area contributed by atoms with Crippen LogP contribution in [0.3, 0.4) is 0 Å². The second-order valence-corrected chi connectivity index (χ2v) is 3.83. The summed E-state index contributed by atoms with van der Waals surface area (Å²) in [6.45, 7) is 5.10. The average molecular weight is 228 g/mol. The van der Waals surface area contributed by atoms with Gasteiger partial charge in [-0.25, -0.2) is 0 Å². The van der Waals surface area contributed by atoms with Crippen LogP contribution in [0.5, 0.6) is 5.75 Å². The number of hydrogen-bond donors (Lipinski definition) is 0. The number of carboxylic acid groups (broad SMARTS) is 1. The van der Waals surface area contributed by atoms with Crippen LogP contribution < -0.4 is 9.84 Å². The van der Waals surface area contributed by atoms with Gasteiger partial charge in [-0.2, -0.15) is 0 Å². The summed E-state index contributed by atoms with van der Waals surface area (Å²) in [5.74, 6) is -0.744. The van der Waals surface area contributed by atoms with E-state index in [1.54, 1.807) is 12.1 Å². The smallest absolute Gasteiger partial charge is 0.135 e. The highest BCUT2D eigenvalue weighted by Crippen LogP contribution is 2.26. The SMILES string of the molecule is Cc1cc(O[C@@H](C)C(=O)[O-])cc(C)c1Cl. The topological polar surface area (TPSA) is 49.4 Å². The molecule has 0 amide bonds. The first-order valence-corrected chi connectivity index (χ1v) is 4.94. The van der Waals surface area contributed by atoms with Crippen LogP contribution in [0.2, 0.25) is 5.02 Å². The van der Waals surface area contributed by atoms with E-state index in [1.807, 2.05) is 13.8 Å². The van der Waals surface area contributed by atoms with Crippen LogP contribution in [-0.4, -0.2) is 12.1 Å². The molecule has 0 aliphatic rings. The van der Waals surface area contributed by atoms with Gasteiger partial charge in [-0.1, -0.05) is 11.6 Å². The number of carboxylic acids is 1. The second-order valence-electron chi connectivity index (χ2n) is 3.45. The lowest BCUT2D eigenvalue weighted by atomic mass is 10.1. The van der Waals surface area contributed by atoms with Gasteiger partial charge >= 0.3 is 0 Å². The van der Waals surface area contributed by atoms with Gasteiger partial charge < -0.3 is 14.6 Å². The Bertz CT molecular complexity index is 364. The Balaban J connectivity index is 2.92. The highest BCUT2D eigenvalue weighted by Gasteiger charge is 2.07. The Labute approximate surface area is 93.6 Å². The predicted molar refractivity (Wildman–Crippen MR) is 56.0 cm³/mol. The molecule has 0 unspecified atom stereocenters. The molecular weight excluding hydrogens is 216 g/mol. The lowest BCUT2D eigenvalue weighted by Crippen LogP contribution is -2.37. The van der Waals surface area contributed by atoms with E-state index in [4.69, 9.17) is 16.3 Å². The zero-order valence-corrected chi connectivity index (χ0v) is 9.59. The summed E-state index contributed by atoms with van der Waals surface area (Å²) in [5.41, 5.74) is 1.72. The summed E-state index contributed by atoms with van der Waals surface area (Å²) >= 11 is 5.96. The molecule has 82 valence electrons. The van der Waals surface area contributed by atoms with Crippen molar-refractivity contribution in [2.75, 3.05) is 0 Å². The van der Waals surface area contributed by atoms with Crippen LogP contribution in [0.1, 0.15) is 18.1 Å². The van der Waals surface area contributed by atoms with Crippen LogP contribution in [0, 0.1) is 13.8 Å². The molecule has 1 aromatic carbocycles.